The number of rotatable bonds is 8. The molecule has 0 fully saturated rings. The topological polar surface area (TPSA) is 78.5 Å². The van der Waals surface area contributed by atoms with Crippen LogP contribution in [-0.2, 0) is 10.0 Å². The molecule has 0 bridgehead atoms. The van der Waals surface area contributed by atoms with Gasteiger partial charge in [0, 0.05) is 31.2 Å². The molecule has 1 aromatic carbocycles. The standard InChI is InChI=1S/C15H25N3O3S/c1-5-18(6-2)22(20,21)14-9-7-8-13(10-14)15(19)17-11-12(3)16-4/h7-10,12,16H,5-6,11H2,1-4H3,(H,17,19). The van der Waals surface area contributed by atoms with E-state index in [9.17, 15) is 13.2 Å². The lowest BCUT2D eigenvalue weighted by Crippen LogP contribution is -2.37. The van der Waals surface area contributed by atoms with Gasteiger partial charge in [-0.1, -0.05) is 19.9 Å². The number of hydrogen-bond donors (Lipinski definition) is 2. The van der Waals surface area contributed by atoms with E-state index >= 15 is 0 Å². The second kappa shape index (κ2) is 8.26. The minimum atomic E-state index is -3.55. The number of carbonyl (C=O) groups excluding carboxylic acids is 1. The van der Waals surface area contributed by atoms with Crippen molar-refractivity contribution < 1.29 is 13.2 Å². The van der Waals surface area contributed by atoms with E-state index in [0.717, 1.165) is 0 Å². The van der Waals surface area contributed by atoms with Gasteiger partial charge < -0.3 is 10.6 Å². The highest BCUT2D eigenvalue weighted by Gasteiger charge is 2.22. The molecule has 0 heterocycles. The molecule has 0 aliphatic rings. The molecule has 1 aromatic rings. The number of amides is 1. The molecule has 0 saturated heterocycles. The van der Waals surface area contributed by atoms with E-state index in [4.69, 9.17) is 0 Å². The van der Waals surface area contributed by atoms with Crippen LogP contribution in [0.25, 0.3) is 0 Å². The average Bonchev–Trinajstić information content (AvgIpc) is 2.53. The van der Waals surface area contributed by atoms with Crippen LogP contribution < -0.4 is 10.6 Å². The van der Waals surface area contributed by atoms with Crippen molar-refractivity contribution in [3.05, 3.63) is 29.8 Å². The molecule has 22 heavy (non-hydrogen) atoms. The highest BCUT2D eigenvalue weighted by molar-refractivity contribution is 7.89. The minimum Gasteiger partial charge on any atom is -0.350 e. The van der Waals surface area contributed by atoms with Gasteiger partial charge in [-0.05, 0) is 32.2 Å². The summed E-state index contributed by atoms with van der Waals surface area (Å²) in [6, 6.07) is 6.28. The fourth-order valence-electron chi connectivity index (χ4n) is 1.96. The molecule has 1 atom stereocenters. The van der Waals surface area contributed by atoms with Crippen LogP contribution >= 0.6 is 0 Å². The van der Waals surface area contributed by atoms with Gasteiger partial charge in [0.25, 0.3) is 5.91 Å². The van der Waals surface area contributed by atoms with Gasteiger partial charge in [-0.3, -0.25) is 4.79 Å². The normalized spacial score (nSPS) is 13.1. The summed E-state index contributed by atoms with van der Waals surface area (Å²) in [5.74, 6) is -0.279. The SMILES string of the molecule is CCN(CC)S(=O)(=O)c1cccc(C(=O)NCC(C)NC)c1. The van der Waals surface area contributed by atoms with Crippen LogP contribution in [0.2, 0.25) is 0 Å². The summed E-state index contributed by atoms with van der Waals surface area (Å²) in [4.78, 5) is 12.2. The highest BCUT2D eigenvalue weighted by Crippen LogP contribution is 2.16. The summed E-state index contributed by atoms with van der Waals surface area (Å²) >= 11 is 0. The number of nitrogens with one attached hydrogen (secondary N) is 2. The summed E-state index contributed by atoms with van der Waals surface area (Å²) in [6.07, 6.45) is 0. The summed E-state index contributed by atoms with van der Waals surface area (Å²) in [5, 5.41) is 5.80. The lowest BCUT2D eigenvalue weighted by atomic mass is 10.2. The maximum atomic E-state index is 12.5. The molecular weight excluding hydrogens is 302 g/mol. The lowest BCUT2D eigenvalue weighted by Gasteiger charge is -2.18. The second-order valence-electron chi connectivity index (χ2n) is 5.02. The van der Waals surface area contributed by atoms with E-state index in [2.05, 4.69) is 10.6 Å². The zero-order chi connectivity index (χ0) is 16.8. The molecule has 0 spiro atoms. The first-order valence-corrected chi connectivity index (χ1v) is 8.86. The van der Waals surface area contributed by atoms with E-state index in [1.807, 2.05) is 14.0 Å². The summed E-state index contributed by atoms with van der Waals surface area (Å²) in [7, 11) is -1.74. The molecular formula is C15H25N3O3S. The molecule has 7 heteroatoms. The predicted molar refractivity (Wildman–Crippen MR) is 87.4 cm³/mol. The van der Waals surface area contributed by atoms with Crippen molar-refractivity contribution in [1.82, 2.24) is 14.9 Å². The van der Waals surface area contributed by atoms with E-state index in [0.29, 0.717) is 25.2 Å². The quantitative estimate of drug-likeness (QED) is 0.748. The predicted octanol–water partition coefficient (Wildman–Crippen LogP) is 1.05. The minimum absolute atomic E-state index is 0.144. The third kappa shape index (κ3) is 4.53. The van der Waals surface area contributed by atoms with Crippen molar-refractivity contribution in [2.45, 2.75) is 31.7 Å². The van der Waals surface area contributed by atoms with Crippen LogP contribution in [0.4, 0.5) is 0 Å². The third-order valence-electron chi connectivity index (χ3n) is 3.50. The number of hydrogen-bond acceptors (Lipinski definition) is 4. The Labute approximate surface area is 132 Å². The monoisotopic (exact) mass is 327 g/mol. The Balaban J connectivity index is 2.97. The Bertz CT molecular complexity index is 598. The summed E-state index contributed by atoms with van der Waals surface area (Å²) in [5.41, 5.74) is 0.344. The van der Waals surface area contributed by atoms with Gasteiger partial charge in [-0.15, -0.1) is 0 Å². The largest absolute Gasteiger partial charge is 0.350 e. The summed E-state index contributed by atoms with van der Waals surface area (Å²) < 4.78 is 26.3. The first-order chi connectivity index (χ1) is 10.4. The van der Waals surface area contributed by atoms with Crippen molar-refractivity contribution in [1.29, 1.82) is 0 Å². The molecule has 0 aromatic heterocycles. The first kappa shape index (κ1) is 18.6. The van der Waals surface area contributed by atoms with Crippen LogP contribution in [0.1, 0.15) is 31.1 Å². The molecule has 1 rings (SSSR count). The maximum absolute atomic E-state index is 12.5. The van der Waals surface area contributed by atoms with E-state index < -0.39 is 10.0 Å². The summed E-state index contributed by atoms with van der Waals surface area (Å²) in [6.45, 7) is 6.79. The zero-order valence-electron chi connectivity index (χ0n) is 13.6. The Hall–Kier alpha value is -1.44. The van der Waals surface area contributed by atoms with Gasteiger partial charge in [0.2, 0.25) is 10.0 Å². The highest BCUT2D eigenvalue weighted by atomic mass is 32.2. The maximum Gasteiger partial charge on any atom is 0.251 e. The van der Waals surface area contributed by atoms with Crippen molar-refractivity contribution in [2.24, 2.45) is 0 Å². The number of likely N-dealkylation sites (N-methyl/N-ethyl adjacent to an activating group) is 1. The van der Waals surface area contributed by atoms with Crippen LogP contribution in [0.5, 0.6) is 0 Å². The van der Waals surface area contributed by atoms with Gasteiger partial charge in [0.1, 0.15) is 0 Å². The molecule has 0 saturated carbocycles. The molecule has 124 valence electrons. The first-order valence-electron chi connectivity index (χ1n) is 7.42. The molecule has 0 radical (unpaired) electrons. The number of nitrogens with zero attached hydrogens (tertiary/aromatic N) is 1. The van der Waals surface area contributed by atoms with E-state index in [-0.39, 0.29) is 16.8 Å². The van der Waals surface area contributed by atoms with Gasteiger partial charge in [0.15, 0.2) is 0 Å². The fourth-order valence-corrected chi connectivity index (χ4v) is 3.46. The molecule has 0 aliphatic carbocycles. The lowest BCUT2D eigenvalue weighted by molar-refractivity contribution is 0.0950. The Kier molecular flexibility index (Phi) is 6.99. The van der Waals surface area contributed by atoms with Crippen LogP contribution in [0.3, 0.4) is 0 Å². The van der Waals surface area contributed by atoms with Crippen LogP contribution in [-0.4, -0.2) is 51.4 Å². The molecule has 6 nitrogen and oxygen atoms in total. The smallest absolute Gasteiger partial charge is 0.251 e. The number of carbonyl (C=O) groups is 1. The van der Waals surface area contributed by atoms with Crippen molar-refractivity contribution in [2.75, 3.05) is 26.7 Å². The molecule has 1 unspecified atom stereocenters. The Morgan fingerprint density at radius 1 is 1.27 bits per heavy atom. The van der Waals surface area contributed by atoms with Crippen molar-refractivity contribution in [3.63, 3.8) is 0 Å². The van der Waals surface area contributed by atoms with E-state index in [1.54, 1.807) is 26.0 Å². The average molecular weight is 327 g/mol. The van der Waals surface area contributed by atoms with Crippen molar-refractivity contribution in [3.8, 4) is 0 Å². The van der Waals surface area contributed by atoms with Gasteiger partial charge >= 0.3 is 0 Å². The second-order valence-corrected chi connectivity index (χ2v) is 6.95. The van der Waals surface area contributed by atoms with Crippen LogP contribution in [0.15, 0.2) is 29.2 Å². The van der Waals surface area contributed by atoms with Crippen LogP contribution in [0, 0.1) is 0 Å². The molecule has 2 N–H and O–H groups in total. The Morgan fingerprint density at radius 2 is 1.91 bits per heavy atom. The molecule has 0 aliphatic heterocycles. The fraction of sp³-hybridized carbons (Fsp3) is 0.533. The molecule has 1 amide bonds. The van der Waals surface area contributed by atoms with E-state index in [1.165, 1.54) is 16.4 Å². The Morgan fingerprint density at radius 3 is 2.45 bits per heavy atom. The van der Waals surface area contributed by atoms with Crippen molar-refractivity contribution >= 4 is 15.9 Å². The zero-order valence-corrected chi connectivity index (χ0v) is 14.4. The van der Waals surface area contributed by atoms with Gasteiger partial charge in [-0.25, -0.2) is 8.42 Å². The van der Waals surface area contributed by atoms with Gasteiger partial charge in [-0.2, -0.15) is 4.31 Å². The van der Waals surface area contributed by atoms with Gasteiger partial charge in [0.05, 0.1) is 4.90 Å². The number of benzene rings is 1. The third-order valence-corrected chi connectivity index (χ3v) is 5.55. The number of sulfonamides is 1.